The van der Waals surface area contributed by atoms with Crippen LogP contribution in [0, 0.1) is 0 Å². The van der Waals surface area contributed by atoms with E-state index in [1.54, 1.807) is 0 Å². The molecule has 1 unspecified atom stereocenters. The summed E-state index contributed by atoms with van der Waals surface area (Å²) in [5, 5.41) is 4.24. The van der Waals surface area contributed by atoms with Crippen LogP contribution in [0.25, 0.3) is 0 Å². The minimum atomic E-state index is 0.532. The monoisotopic (exact) mass is 295 g/mol. The fraction of sp³-hybridized carbons (Fsp3) is 0.625. The first kappa shape index (κ1) is 15.6. The Labute approximate surface area is 127 Å². The maximum Gasteiger partial charge on any atom is 0.0415 e. The standard InChI is InChI=1S/C16H26ClN3/c1-4-18-11-14-10-15(17)6-7-16(14)20-9-5-8-19(3)12-13(20)2/h6-7,10,13,18H,4-5,8-9,11-12H2,1-3H3. The van der Waals surface area contributed by atoms with E-state index in [-0.39, 0.29) is 0 Å². The predicted molar refractivity (Wildman–Crippen MR) is 87.8 cm³/mol. The first-order valence-electron chi connectivity index (χ1n) is 7.56. The van der Waals surface area contributed by atoms with E-state index in [9.17, 15) is 0 Å². The van der Waals surface area contributed by atoms with Gasteiger partial charge in [-0.3, -0.25) is 0 Å². The summed E-state index contributed by atoms with van der Waals surface area (Å²) < 4.78 is 0. The van der Waals surface area contributed by atoms with Gasteiger partial charge in [0.2, 0.25) is 0 Å². The van der Waals surface area contributed by atoms with Crippen LogP contribution in [0.1, 0.15) is 25.8 Å². The molecule has 4 heteroatoms. The Morgan fingerprint density at radius 1 is 1.35 bits per heavy atom. The Kier molecular flexibility index (Phi) is 5.70. The summed E-state index contributed by atoms with van der Waals surface area (Å²) in [4.78, 5) is 4.96. The highest BCUT2D eigenvalue weighted by molar-refractivity contribution is 6.30. The third kappa shape index (κ3) is 3.87. The molecule has 0 spiro atoms. The number of rotatable bonds is 4. The minimum absolute atomic E-state index is 0.532. The van der Waals surface area contributed by atoms with Crippen LogP contribution >= 0.6 is 11.6 Å². The minimum Gasteiger partial charge on any atom is -0.367 e. The van der Waals surface area contributed by atoms with Crippen LogP contribution in [-0.4, -0.2) is 44.2 Å². The Bertz CT molecular complexity index is 436. The van der Waals surface area contributed by atoms with Gasteiger partial charge in [0, 0.05) is 36.4 Å². The van der Waals surface area contributed by atoms with E-state index >= 15 is 0 Å². The molecule has 0 amide bonds. The molecule has 1 atom stereocenters. The zero-order valence-electron chi connectivity index (χ0n) is 12.8. The zero-order valence-corrected chi connectivity index (χ0v) is 13.6. The van der Waals surface area contributed by atoms with Crippen molar-refractivity contribution in [1.82, 2.24) is 10.2 Å². The predicted octanol–water partition coefficient (Wildman–Crippen LogP) is 2.98. The molecule has 0 aromatic heterocycles. The molecular formula is C16H26ClN3. The second-order valence-corrected chi connectivity index (χ2v) is 6.15. The molecule has 1 aromatic carbocycles. The topological polar surface area (TPSA) is 18.5 Å². The van der Waals surface area contributed by atoms with Crippen LogP contribution in [0.3, 0.4) is 0 Å². The molecule has 1 fully saturated rings. The molecule has 3 nitrogen and oxygen atoms in total. The molecule has 112 valence electrons. The van der Waals surface area contributed by atoms with Crippen LogP contribution < -0.4 is 10.2 Å². The number of halogens is 1. The second kappa shape index (κ2) is 7.30. The van der Waals surface area contributed by atoms with Gasteiger partial charge in [0.15, 0.2) is 0 Å². The quantitative estimate of drug-likeness (QED) is 0.921. The van der Waals surface area contributed by atoms with Crippen molar-refractivity contribution in [3.8, 4) is 0 Å². The van der Waals surface area contributed by atoms with Gasteiger partial charge in [-0.05, 0) is 57.2 Å². The summed E-state index contributed by atoms with van der Waals surface area (Å²) in [6.45, 7) is 9.71. The molecule has 1 N–H and O–H groups in total. The lowest BCUT2D eigenvalue weighted by atomic mass is 10.1. The molecule has 0 saturated carbocycles. The van der Waals surface area contributed by atoms with Crippen molar-refractivity contribution in [2.24, 2.45) is 0 Å². The third-order valence-electron chi connectivity index (χ3n) is 3.96. The highest BCUT2D eigenvalue weighted by Gasteiger charge is 2.21. The Morgan fingerprint density at radius 2 is 2.15 bits per heavy atom. The summed E-state index contributed by atoms with van der Waals surface area (Å²) in [7, 11) is 2.21. The summed E-state index contributed by atoms with van der Waals surface area (Å²) in [6.07, 6.45) is 1.21. The van der Waals surface area contributed by atoms with Gasteiger partial charge in [0.05, 0.1) is 0 Å². The molecule has 2 rings (SSSR count). The van der Waals surface area contributed by atoms with Gasteiger partial charge < -0.3 is 15.1 Å². The van der Waals surface area contributed by atoms with Gasteiger partial charge in [-0.15, -0.1) is 0 Å². The average molecular weight is 296 g/mol. The van der Waals surface area contributed by atoms with Crippen LogP contribution in [-0.2, 0) is 6.54 Å². The van der Waals surface area contributed by atoms with Gasteiger partial charge in [0.25, 0.3) is 0 Å². The van der Waals surface area contributed by atoms with Gasteiger partial charge in [-0.1, -0.05) is 18.5 Å². The normalized spacial score (nSPS) is 21.0. The largest absolute Gasteiger partial charge is 0.367 e. The van der Waals surface area contributed by atoms with Gasteiger partial charge in [-0.25, -0.2) is 0 Å². The van der Waals surface area contributed by atoms with Crippen LogP contribution in [0.15, 0.2) is 18.2 Å². The summed E-state index contributed by atoms with van der Waals surface area (Å²) in [5.74, 6) is 0. The fourth-order valence-electron chi connectivity index (χ4n) is 2.97. The number of hydrogen-bond acceptors (Lipinski definition) is 3. The number of hydrogen-bond donors (Lipinski definition) is 1. The molecule has 20 heavy (non-hydrogen) atoms. The van der Waals surface area contributed by atoms with E-state index in [1.165, 1.54) is 24.2 Å². The number of benzene rings is 1. The smallest absolute Gasteiger partial charge is 0.0415 e. The summed E-state index contributed by atoms with van der Waals surface area (Å²) >= 11 is 6.17. The van der Waals surface area contributed by atoms with E-state index < -0.39 is 0 Å². The third-order valence-corrected chi connectivity index (χ3v) is 4.20. The lowest BCUT2D eigenvalue weighted by Gasteiger charge is -2.32. The Hall–Kier alpha value is -0.770. The van der Waals surface area contributed by atoms with Crippen molar-refractivity contribution in [1.29, 1.82) is 0 Å². The molecule has 1 aromatic rings. The number of nitrogens with zero attached hydrogens (tertiary/aromatic N) is 2. The van der Waals surface area contributed by atoms with Crippen molar-refractivity contribution in [3.05, 3.63) is 28.8 Å². The molecule has 1 saturated heterocycles. The highest BCUT2D eigenvalue weighted by Crippen LogP contribution is 2.27. The maximum absolute atomic E-state index is 6.17. The molecular weight excluding hydrogens is 270 g/mol. The van der Waals surface area contributed by atoms with E-state index in [1.807, 2.05) is 6.07 Å². The van der Waals surface area contributed by atoms with Crippen molar-refractivity contribution < 1.29 is 0 Å². The second-order valence-electron chi connectivity index (χ2n) is 5.71. The van der Waals surface area contributed by atoms with E-state index in [0.717, 1.165) is 31.2 Å². The van der Waals surface area contributed by atoms with Crippen molar-refractivity contribution >= 4 is 17.3 Å². The van der Waals surface area contributed by atoms with Gasteiger partial charge >= 0.3 is 0 Å². The highest BCUT2D eigenvalue weighted by atomic mass is 35.5. The van der Waals surface area contributed by atoms with Crippen molar-refractivity contribution in [2.45, 2.75) is 32.9 Å². The lowest BCUT2D eigenvalue weighted by Crippen LogP contribution is -2.38. The maximum atomic E-state index is 6.17. The number of likely N-dealkylation sites (N-methyl/N-ethyl adjacent to an activating group) is 1. The molecule has 1 aliphatic rings. The van der Waals surface area contributed by atoms with Gasteiger partial charge in [-0.2, -0.15) is 0 Å². The van der Waals surface area contributed by atoms with Crippen LogP contribution in [0.2, 0.25) is 5.02 Å². The first-order valence-corrected chi connectivity index (χ1v) is 7.94. The SMILES string of the molecule is CCNCc1cc(Cl)ccc1N1CCCN(C)CC1C. The molecule has 1 heterocycles. The number of nitrogens with one attached hydrogen (secondary N) is 1. The van der Waals surface area contributed by atoms with Crippen molar-refractivity contribution in [3.63, 3.8) is 0 Å². The fourth-order valence-corrected chi connectivity index (χ4v) is 3.16. The molecule has 0 aliphatic carbocycles. The molecule has 1 aliphatic heterocycles. The van der Waals surface area contributed by atoms with E-state index in [0.29, 0.717) is 6.04 Å². The van der Waals surface area contributed by atoms with Gasteiger partial charge in [0.1, 0.15) is 0 Å². The van der Waals surface area contributed by atoms with Crippen LogP contribution in [0.5, 0.6) is 0 Å². The van der Waals surface area contributed by atoms with E-state index in [4.69, 9.17) is 11.6 Å². The average Bonchev–Trinajstić information content (AvgIpc) is 2.57. The van der Waals surface area contributed by atoms with E-state index in [2.05, 4.69) is 48.1 Å². The first-order chi connectivity index (χ1) is 9.61. The number of anilines is 1. The molecule has 0 bridgehead atoms. The van der Waals surface area contributed by atoms with Crippen molar-refractivity contribution in [2.75, 3.05) is 38.1 Å². The zero-order chi connectivity index (χ0) is 14.5. The summed E-state index contributed by atoms with van der Waals surface area (Å²) in [5.41, 5.74) is 2.63. The Balaban J connectivity index is 2.25. The Morgan fingerprint density at radius 3 is 2.90 bits per heavy atom. The summed E-state index contributed by atoms with van der Waals surface area (Å²) in [6, 6.07) is 6.81. The van der Waals surface area contributed by atoms with Crippen LogP contribution in [0.4, 0.5) is 5.69 Å². The lowest BCUT2D eigenvalue weighted by molar-refractivity contribution is 0.337. The molecule has 0 radical (unpaired) electrons.